The third-order valence-corrected chi connectivity index (χ3v) is 3.45. The Morgan fingerprint density at radius 3 is 2.29 bits per heavy atom. The third-order valence-electron chi connectivity index (χ3n) is 2.88. The monoisotopic (exact) mass is 258 g/mol. The Kier molecular flexibility index (Phi) is 3.88. The lowest BCUT2D eigenvalue weighted by molar-refractivity contribution is -0.138. The molecule has 5 heteroatoms. The molecule has 1 aromatic rings. The van der Waals surface area contributed by atoms with Gasteiger partial charge in [0, 0.05) is 11.1 Å². The largest absolute Gasteiger partial charge is 0.504 e. The van der Waals surface area contributed by atoms with Crippen molar-refractivity contribution in [1.29, 1.82) is 0 Å². The number of phenols is 1. The summed E-state index contributed by atoms with van der Waals surface area (Å²) >= 11 is 6.10. The minimum Gasteiger partial charge on any atom is -0.504 e. The summed E-state index contributed by atoms with van der Waals surface area (Å²) in [5.74, 6) is -1.79. The first-order valence-electron chi connectivity index (χ1n) is 5.11. The highest BCUT2D eigenvalue weighted by molar-refractivity contribution is 6.32. The van der Waals surface area contributed by atoms with E-state index in [0.29, 0.717) is 21.7 Å². The second-order valence-corrected chi connectivity index (χ2v) is 4.30. The number of benzene rings is 1. The number of hydrogen-bond donors (Lipinski definition) is 2. The second-order valence-electron chi connectivity index (χ2n) is 3.92. The molecule has 0 saturated heterocycles. The zero-order valence-electron chi connectivity index (χ0n) is 10.2. The number of rotatable bonds is 3. The van der Waals surface area contributed by atoms with Gasteiger partial charge in [-0.3, -0.25) is 4.79 Å². The standard InChI is InChI=1S/C12H15ClO4/c1-5-8(6(2)12(15)16)10(14)11(17-4)7(3)9(5)13/h6,14H,1-4H3,(H,15,16). The number of aromatic hydroxyl groups is 1. The summed E-state index contributed by atoms with van der Waals surface area (Å²) in [7, 11) is 1.41. The van der Waals surface area contributed by atoms with Crippen LogP contribution in [0.15, 0.2) is 0 Å². The van der Waals surface area contributed by atoms with Crippen LogP contribution in [-0.4, -0.2) is 23.3 Å². The zero-order valence-corrected chi connectivity index (χ0v) is 10.9. The highest BCUT2D eigenvalue weighted by Crippen LogP contribution is 2.44. The van der Waals surface area contributed by atoms with Crippen LogP contribution in [0.1, 0.15) is 29.5 Å². The van der Waals surface area contributed by atoms with Crippen molar-refractivity contribution in [3.05, 3.63) is 21.7 Å². The summed E-state index contributed by atoms with van der Waals surface area (Å²) in [6.07, 6.45) is 0. The first-order chi connectivity index (χ1) is 7.82. The molecule has 0 aliphatic heterocycles. The predicted molar refractivity (Wildman–Crippen MR) is 65.2 cm³/mol. The van der Waals surface area contributed by atoms with Crippen molar-refractivity contribution in [3.63, 3.8) is 0 Å². The van der Waals surface area contributed by atoms with Crippen LogP contribution < -0.4 is 4.74 Å². The van der Waals surface area contributed by atoms with Gasteiger partial charge in [-0.25, -0.2) is 0 Å². The number of phenolic OH excluding ortho intramolecular Hbond substituents is 1. The van der Waals surface area contributed by atoms with E-state index >= 15 is 0 Å². The number of carbonyl (C=O) groups is 1. The van der Waals surface area contributed by atoms with Gasteiger partial charge in [0.1, 0.15) is 0 Å². The molecule has 1 unspecified atom stereocenters. The Morgan fingerprint density at radius 1 is 1.35 bits per heavy atom. The average Bonchev–Trinajstić information content (AvgIpc) is 2.27. The first kappa shape index (κ1) is 13.6. The topological polar surface area (TPSA) is 66.8 Å². The minimum absolute atomic E-state index is 0.151. The molecular formula is C12H15ClO4. The van der Waals surface area contributed by atoms with Gasteiger partial charge in [0.15, 0.2) is 11.5 Å². The Balaban J connectivity index is 3.61. The average molecular weight is 259 g/mol. The molecule has 0 aromatic heterocycles. The molecule has 0 bridgehead atoms. The summed E-state index contributed by atoms with van der Waals surface area (Å²) in [6, 6.07) is 0. The molecule has 0 fully saturated rings. The predicted octanol–water partition coefficient (Wildman–Crippen LogP) is 2.86. The van der Waals surface area contributed by atoms with E-state index < -0.39 is 11.9 Å². The van der Waals surface area contributed by atoms with E-state index in [-0.39, 0.29) is 11.5 Å². The van der Waals surface area contributed by atoms with Crippen LogP contribution in [0.25, 0.3) is 0 Å². The molecule has 1 atom stereocenters. The number of methoxy groups -OCH3 is 1. The Hall–Kier alpha value is -1.42. The fourth-order valence-electron chi connectivity index (χ4n) is 1.88. The van der Waals surface area contributed by atoms with Crippen molar-refractivity contribution in [2.24, 2.45) is 0 Å². The molecule has 17 heavy (non-hydrogen) atoms. The maximum Gasteiger partial charge on any atom is 0.310 e. The number of carboxylic acid groups (broad SMARTS) is 1. The van der Waals surface area contributed by atoms with Gasteiger partial charge in [-0.2, -0.15) is 0 Å². The quantitative estimate of drug-likeness (QED) is 0.875. The van der Waals surface area contributed by atoms with Gasteiger partial charge in [-0.05, 0) is 26.3 Å². The van der Waals surface area contributed by atoms with Gasteiger partial charge in [-0.15, -0.1) is 0 Å². The molecule has 0 radical (unpaired) electrons. The third kappa shape index (κ3) is 2.17. The smallest absolute Gasteiger partial charge is 0.310 e. The van der Waals surface area contributed by atoms with E-state index in [2.05, 4.69) is 0 Å². The Bertz CT molecular complexity index is 468. The Labute approximate surface area is 105 Å². The van der Waals surface area contributed by atoms with E-state index in [0.717, 1.165) is 0 Å². The van der Waals surface area contributed by atoms with Gasteiger partial charge >= 0.3 is 5.97 Å². The minimum atomic E-state index is -1.02. The first-order valence-corrected chi connectivity index (χ1v) is 5.49. The lowest BCUT2D eigenvalue weighted by Crippen LogP contribution is -2.10. The van der Waals surface area contributed by atoms with Crippen LogP contribution in [0, 0.1) is 13.8 Å². The van der Waals surface area contributed by atoms with E-state index in [1.807, 2.05) is 0 Å². The maximum absolute atomic E-state index is 11.0. The molecular weight excluding hydrogens is 244 g/mol. The van der Waals surface area contributed by atoms with Gasteiger partial charge in [0.05, 0.1) is 18.1 Å². The number of aliphatic carboxylic acids is 1. The molecule has 1 aromatic carbocycles. The van der Waals surface area contributed by atoms with E-state index in [4.69, 9.17) is 21.4 Å². The molecule has 2 N–H and O–H groups in total. The van der Waals surface area contributed by atoms with Crippen LogP contribution in [0.3, 0.4) is 0 Å². The summed E-state index contributed by atoms with van der Waals surface area (Å²) in [5, 5.41) is 19.5. The van der Waals surface area contributed by atoms with Crippen LogP contribution in [0.4, 0.5) is 0 Å². The van der Waals surface area contributed by atoms with Crippen LogP contribution in [-0.2, 0) is 4.79 Å². The molecule has 0 heterocycles. The van der Waals surface area contributed by atoms with Crippen molar-refractivity contribution in [1.82, 2.24) is 0 Å². The summed E-state index contributed by atoms with van der Waals surface area (Å²) in [6.45, 7) is 4.89. The Morgan fingerprint density at radius 2 is 1.88 bits per heavy atom. The summed E-state index contributed by atoms with van der Waals surface area (Å²) in [5.41, 5.74) is 1.47. The van der Waals surface area contributed by atoms with Crippen LogP contribution >= 0.6 is 11.6 Å². The zero-order chi connectivity index (χ0) is 13.3. The van der Waals surface area contributed by atoms with Crippen molar-refractivity contribution in [2.45, 2.75) is 26.7 Å². The normalized spacial score (nSPS) is 12.3. The molecule has 0 spiro atoms. The second kappa shape index (κ2) is 4.84. The van der Waals surface area contributed by atoms with Crippen LogP contribution in [0.2, 0.25) is 5.02 Å². The highest BCUT2D eigenvalue weighted by Gasteiger charge is 2.26. The van der Waals surface area contributed by atoms with E-state index in [9.17, 15) is 9.90 Å². The van der Waals surface area contributed by atoms with Crippen LogP contribution in [0.5, 0.6) is 11.5 Å². The lowest BCUT2D eigenvalue weighted by atomic mass is 9.93. The van der Waals surface area contributed by atoms with E-state index in [1.54, 1.807) is 13.8 Å². The van der Waals surface area contributed by atoms with Gasteiger partial charge < -0.3 is 14.9 Å². The highest BCUT2D eigenvalue weighted by atomic mass is 35.5. The molecule has 0 amide bonds. The molecule has 0 aliphatic rings. The van der Waals surface area contributed by atoms with Gasteiger partial charge in [-0.1, -0.05) is 11.6 Å². The van der Waals surface area contributed by atoms with Crippen molar-refractivity contribution in [2.75, 3.05) is 7.11 Å². The molecule has 94 valence electrons. The number of halogens is 1. The summed E-state index contributed by atoms with van der Waals surface area (Å²) in [4.78, 5) is 11.0. The van der Waals surface area contributed by atoms with Crippen molar-refractivity contribution >= 4 is 17.6 Å². The van der Waals surface area contributed by atoms with Crippen molar-refractivity contribution in [3.8, 4) is 11.5 Å². The molecule has 0 aliphatic carbocycles. The van der Waals surface area contributed by atoms with Gasteiger partial charge in [0.25, 0.3) is 0 Å². The summed E-state index contributed by atoms with van der Waals surface area (Å²) < 4.78 is 5.05. The fourth-order valence-corrected chi connectivity index (χ4v) is 2.07. The van der Waals surface area contributed by atoms with Gasteiger partial charge in [0.2, 0.25) is 0 Å². The number of ether oxygens (including phenoxy) is 1. The molecule has 4 nitrogen and oxygen atoms in total. The fraction of sp³-hybridized carbons (Fsp3) is 0.417. The number of carboxylic acids is 1. The SMILES string of the molecule is COc1c(C)c(Cl)c(C)c(C(C)C(=O)O)c1O. The number of hydrogen-bond acceptors (Lipinski definition) is 3. The molecule has 1 rings (SSSR count). The molecule has 0 saturated carbocycles. The maximum atomic E-state index is 11.0. The van der Waals surface area contributed by atoms with Crippen molar-refractivity contribution < 1.29 is 19.7 Å². The lowest BCUT2D eigenvalue weighted by Gasteiger charge is -2.19. The van der Waals surface area contributed by atoms with E-state index in [1.165, 1.54) is 14.0 Å².